The Morgan fingerprint density at radius 3 is 2.31 bits per heavy atom. The highest BCUT2D eigenvalue weighted by atomic mass is 16.3. The first-order chi connectivity index (χ1) is 12.4. The molecule has 1 heterocycles. The molecule has 26 heavy (non-hydrogen) atoms. The maximum atomic E-state index is 12.5. The molecule has 0 spiro atoms. The van der Waals surface area contributed by atoms with Gasteiger partial charge in [-0.1, -0.05) is 17.7 Å². The molecule has 5 heteroatoms. The summed E-state index contributed by atoms with van der Waals surface area (Å²) in [6, 6.07) is 14.3. The molecule has 5 nitrogen and oxygen atoms in total. The van der Waals surface area contributed by atoms with Crippen LogP contribution < -0.4 is 10.6 Å². The molecule has 0 bridgehead atoms. The molecule has 3 aromatic rings. The zero-order valence-corrected chi connectivity index (χ0v) is 14.9. The first kappa shape index (κ1) is 17.5. The molecule has 0 fully saturated rings. The van der Waals surface area contributed by atoms with E-state index in [0.717, 1.165) is 16.7 Å². The lowest BCUT2D eigenvalue weighted by atomic mass is 10.0. The third-order valence-electron chi connectivity index (χ3n) is 4.10. The number of carbonyl (C=O) groups excluding carboxylic acids is 2. The van der Waals surface area contributed by atoms with E-state index in [0.29, 0.717) is 16.9 Å². The fourth-order valence-corrected chi connectivity index (χ4v) is 2.74. The molecule has 2 amide bonds. The molecule has 0 radical (unpaired) electrons. The van der Waals surface area contributed by atoms with E-state index in [2.05, 4.69) is 10.6 Å². The SMILES string of the molecule is Cc1ccc(C(=O)Nc2ccc(NC(=O)c3ccco3)c(C)c2)c(C)c1. The van der Waals surface area contributed by atoms with Gasteiger partial charge in [0, 0.05) is 16.9 Å². The minimum absolute atomic E-state index is 0.158. The molecule has 132 valence electrons. The van der Waals surface area contributed by atoms with E-state index in [4.69, 9.17) is 4.42 Å². The summed E-state index contributed by atoms with van der Waals surface area (Å²) in [5.41, 5.74) is 4.86. The van der Waals surface area contributed by atoms with Crippen molar-refractivity contribution in [1.29, 1.82) is 0 Å². The van der Waals surface area contributed by atoms with Crippen LogP contribution in [0.2, 0.25) is 0 Å². The zero-order valence-electron chi connectivity index (χ0n) is 14.9. The second-order valence-electron chi connectivity index (χ2n) is 6.23. The average Bonchev–Trinajstić information content (AvgIpc) is 3.11. The van der Waals surface area contributed by atoms with Gasteiger partial charge in [-0.15, -0.1) is 0 Å². The van der Waals surface area contributed by atoms with Gasteiger partial charge in [0.1, 0.15) is 0 Å². The first-order valence-electron chi connectivity index (χ1n) is 8.28. The molecule has 0 aliphatic rings. The molecule has 0 atom stereocenters. The van der Waals surface area contributed by atoms with Gasteiger partial charge >= 0.3 is 0 Å². The lowest BCUT2D eigenvalue weighted by molar-refractivity contribution is 0.0994. The number of nitrogens with one attached hydrogen (secondary N) is 2. The Morgan fingerprint density at radius 1 is 0.846 bits per heavy atom. The van der Waals surface area contributed by atoms with Crippen molar-refractivity contribution < 1.29 is 14.0 Å². The highest BCUT2D eigenvalue weighted by Crippen LogP contribution is 2.22. The van der Waals surface area contributed by atoms with E-state index in [1.165, 1.54) is 6.26 Å². The third-order valence-corrected chi connectivity index (χ3v) is 4.10. The molecule has 1 aromatic heterocycles. The lowest BCUT2D eigenvalue weighted by Crippen LogP contribution is -2.14. The number of rotatable bonds is 4. The lowest BCUT2D eigenvalue weighted by Gasteiger charge is -2.12. The van der Waals surface area contributed by atoms with E-state index in [9.17, 15) is 9.59 Å². The van der Waals surface area contributed by atoms with Crippen molar-refractivity contribution in [3.05, 3.63) is 82.8 Å². The van der Waals surface area contributed by atoms with Gasteiger partial charge in [0.05, 0.1) is 6.26 Å². The molecule has 3 rings (SSSR count). The number of hydrogen-bond acceptors (Lipinski definition) is 3. The Labute approximate surface area is 152 Å². The fourth-order valence-electron chi connectivity index (χ4n) is 2.74. The second-order valence-corrected chi connectivity index (χ2v) is 6.23. The Morgan fingerprint density at radius 2 is 1.65 bits per heavy atom. The highest BCUT2D eigenvalue weighted by Gasteiger charge is 2.12. The summed E-state index contributed by atoms with van der Waals surface area (Å²) in [5.74, 6) is -0.226. The van der Waals surface area contributed by atoms with Crippen LogP contribution in [0, 0.1) is 20.8 Å². The summed E-state index contributed by atoms with van der Waals surface area (Å²) < 4.78 is 5.08. The van der Waals surface area contributed by atoms with Gasteiger partial charge in [-0.05, 0) is 68.3 Å². The zero-order chi connectivity index (χ0) is 18.7. The number of aryl methyl sites for hydroxylation is 3. The van der Waals surface area contributed by atoms with Gasteiger partial charge in [-0.2, -0.15) is 0 Å². The summed E-state index contributed by atoms with van der Waals surface area (Å²) in [5, 5.41) is 5.69. The summed E-state index contributed by atoms with van der Waals surface area (Å²) in [6.07, 6.45) is 1.45. The Kier molecular flexibility index (Phi) is 4.89. The largest absolute Gasteiger partial charge is 0.459 e. The maximum Gasteiger partial charge on any atom is 0.291 e. The van der Waals surface area contributed by atoms with Crippen LogP contribution in [0.3, 0.4) is 0 Å². The van der Waals surface area contributed by atoms with Crippen molar-refractivity contribution in [2.45, 2.75) is 20.8 Å². The average molecular weight is 348 g/mol. The summed E-state index contributed by atoms with van der Waals surface area (Å²) in [6.45, 7) is 5.78. The number of anilines is 2. The van der Waals surface area contributed by atoms with Crippen molar-refractivity contribution in [3.63, 3.8) is 0 Å². The molecule has 0 saturated carbocycles. The molecule has 2 N–H and O–H groups in total. The summed E-state index contributed by atoms with van der Waals surface area (Å²) >= 11 is 0. The van der Waals surface area contributed by atoms with Crippen LogP contribution in [-0.2, 0) is 0 Å². The number of carbonyl (C=O) groups is 2. The topological polar surface area (TPSA) is 71.3 Å². The van der Waals surface area contributed by atoms with Crippen LogP contribution >= 0.6 is 0 Å². The predicted octanol–water partition coefficient (Wildman–Crippen LogP) is 4.71. The molecule has 0 aliphatic carbocycles. The van der Waals surface area contributed by atoms with Gasteiger partial charge < -0.3 is 15.1 Å². The number of furan rings is 1. The van der Waals surface area contributed by atoms with Gasteiger partial charge in [0.2, 0.25) is 0 Å². The van der Waals surface area contributed by atoms with Crippen molar-refractivity contribution >= 4 is 23.2 Å². The molecule has 0 saturated heterocycles. The van der Waals surface area contributed by atoms with Gasteiger partial charge in [0.25, 0.3) is 11.8 Å². The first-order valence-corrected chi connectivity index (χ1v) is 8.28. The monoisotopic (exact) mass is 348 g/mol. The minimum atomic E-state index is -0.315. The summed E-state index contributed by atoms with van der Waals surface area (Å²) in [7, 11) is 0. The van der Waals surface area contributed by atoms with Crippen LogP contribution in [0.15, 0.2) is 59.2 Å². The molecular weight excluding hydrogens is 328 g/mol. The quantitative estimate of drug-likeness (QED) is 0.717. The van der Waals surface area contributed by atoms with Crippen LogP contribution in [0.4, 0.5) is 11.4 Å². The van der Waals surface area contributed by atoms with Crippen molar-refractivity contribution in [2.24, 2.45) is 0 Å². The minimum Gasteiger partial charge on any atom is -0.459 e. The Hall–Kier alpha value is -3.34. The van der Waals surface area contributed by atoms with Gasteiger partial charge in [0.15, 0.2) is 5.76 Å². The van der Waals surface area contributed by atoms with Crippen LogP contribution in [0.25, 0.3) is 0 Å². The number of amides is 2. The van der Waals surface area contributed by atoms with Crippen molar-refractivity contribution in [3.8, 4) is 0 Å². The molecule has 0 unspecified atom stereocenters. The van der Waals surface area contributed by atoms with Crippen LogP contribution in [0.1, 0.15) is 37.6 Å². The van der Waals surface area contributed by atoms with E-state index in [-0.39, 0.29) is 17.6 Å². The van der Waals surface area contributed by atoms with E-state index in [1.54, 1.807) is 24.3 Å². The Balaban J connectivity index is 1.73. The number of hydrogen-bond donors (Lipinski definition) is 2. The van der Waals surface area contributed by atoms with Gasteiger partial charge in [-0.3, -0.25) is 9.59 Å². The van der Waals surface area contributed by atoms with Crippen molar-refractivity contribution in [1.82, 2.24) is 0 Å². The van der Waals surface area contributed by atoms with E-state index in [1.807, 2.05) is 45.0 Å². The Bertz CT molecular complexity index is 959. The van der Waals surface area contributed by atoms with Gasteiger partial charge in [-0.25, -0.2) is 0 Å². The highest BCUT2D eigenvalue weighted by molar-refractivity contribution is 6.06. The second kappa shape index (κ2) is 7.27. The normalized spacial score (nSPS) is 10.4. The standard InChI is InChI=1S/C21H20N2O3/c1-13-6-8-17(14(2)11-13)20(24)22-16-7-9-18(15(3)12-16)23-21(25)19-5-4-10-26-19/h4-12H,1-3H3,(H,22,24)(H,23,25). The smallest absolute Gasteiger partial charge is 0.291 e. The fraction of sp³-hybridized carbons (Fsp3) is 0.143. The molecule has 2 aromatic carbocycles. The van der Waals surface area contributed by atoms with Crippen LogP contribution in [0.5, 0.6) is 0 Å². The maximum absolute atomic E-state index is 12.5. The summed E-state index contributed by atoms with van der Waals surface area (Å²) in [4.78, 5) is 24.5. The molecule has 0 aliphatic heterocycles. The third kappa shape index (κ3) is 3.83. The molecular formula is C21H20N2O3. The van der Waals surface area contributed by atoms with E-state index >= 15 is 0 Å². The predicted molar refractivity (Wildman–Crippen MR) is 102 cm³/mol. The van der Waals surface area contributed by atoms with Crippen LogP contribution in [-0.4, -0.2) is 11.8 Å². The van der Waals surface area contributed by atoms with E-state index < -0.39 is 0 Å². The number of benzene rings is 2. The van der Waals surface area contributed by atoms with Crippen molar-refractivity contribution in [2.75, 3.05) is 10.6 Å².